The van der Waals surface area contributed by atoms with E-state index in [0.717, 1.165) is 6.42 Å². The van der Waals surface area contributed by atoms with Crippen LogP contribution in [0.2, 0.25) is 0 Å². The molecule has 1 aliphatic heterocycles. The Hall–Kier alpha value is -1.60. The van der Waals surface area contributed by atoms with E-state index in [-0.39, 0.29) is 16.6 Å². The van der Waals surface area contributed by atoms with Gasteiger partial charge in [0.15, 0.2) is 0 Å². The molecule has 0 spiro atoms. The fourth-order valence-electron chi connectivity index (χ4n) is 3.81. The molecule has 1 heteroatoms. The van der Waals surface area contributed by atoms with E-state index < -0.39 is 0 Å². The van der Waals surface area contributed by atoms with Crippen LogP contribution in [0.5, 0.6) is 0 Å². The summed E-state index contributed by atoms with van der Waals surface area (Å²) in [5.41, 5.74) is 3.42. The minimum Gasteiger partial charge on any atom is -0.355 e. The fourth-order valence-corrected chi connectivity index (χ4v) is 3.81. The lowest BCUT2D eigenvalue weighted by Gasteiger charge is -2.38. The van der Waals surface area contributed by atoms with E-state index in [2.05, 4.69) is 89.2 Å². The van der Waals surface area contributed by atoms with Gasteiger partial charge in [0.25, 0.3) is 0 Å². The second-order valence-corrected chi connectivity index (χ2v) is 8.09. The van der Waals surface area contributed by atoms with E-state index in [1.807, 2.05) is 0 Å². The van der Waals surface area contributed by atoms with Crippen LogP contribution < -0.4 is 0 Å². The Balaban J connectivity index is 2.25. The first-order chi connectivity index (χ1) is 10.2. The summed E-state index contributed by atoms with van der Waals surface area (Å²) in [5, 5.41) is 0. The highest BCUT2D eigenvalue weighted by Crippen LogP contribution is 2.54. The number of hydrogen-bond donors (Lipinski definition) is 0. The van der Waals surface area contributed by atoms with Crippen molar-refractivity contribution in [3.8, 4) is 0 Å². The molecule has 2 aromatic carbocycles. The van der Waals surface area contributed by atoms with Crippen molar-refractivity contribution < 1.29 is 4.74 Å². The zero-order valence-corrected chi connectivity index (χ0v) is 14.3. The number of rotatable bonds is 2. The Labute approximate surface area is 134 Å². The number of hydrogen-bond acceptors (Lipinski definition) is 1. The maximum absolute atomic E-state index is 6.77. The number of fused-ring (bicyclic) bond motifs is 1. The van der Waals surface area contributed by atoms with Crippen molar-refractivity contribution in [3.05, 3.63) is 71.3 Å². The van der Waals surface area contributed by atoms with Gasteiger partial charge in [0.2, 0.25) is 0 Å². The molecule has 0 saturated carbocycles. The fraction of sp³-hybridized carbons (Fsp3) is 0.429. The van der Waals surface area contributed by atoms with Gasteiger partial charge >= 0.3 is 0 Å². The summed E-state index contributed by atoms with van der Waals surface area (Å²) in [6, 6.07) is 19.4. The van der Waals surface area contributed by atoms with Crippen LogP contribution in [0, 0.1) is 5.41 Å². The van der Waals surface area contributed by atoms with Crippen LogP contribution >= 0.6 is 0 Å². The van der Waals surface area contributed by atoms with E-state index in [9.17, 15) is 0 Å². The third-order valence-electron chi connectivity index (χ3n) is 4.46. The molecule has 2 aromatic rings. The zero-order valence-electron chi connectivity index (χ0n) is 14.3. The molecule has 0 bridgehead atoms. The second-order valence-electron chi connectivity index (χ2n) is 8.09. The minimum absolute atomic E-state index is 0.170. The smallest absolute Gasteiger partial charge is 0.120 e. The lowest BCUT2D eigenvalue weighted by molar-refractivity contribution is -0.118. The van der Waals surface area contributed by atoms with Gasteiger partial charge in [0, 0.05) is 0 Å². The molecule has 22 heavy (non-hydrogen) atoms. The predicted molar refractivity (Wildman–Crippen MR) is 91.8 cm³/mol. The molecule has 0 aromatic heterocycles. The Morgan fingerprint density at radius 1 is 0.818 bits per heavy atom. The maximum atomic E-state index is 6.77. The summed E-state index contributed by atoms with van der Waals surface area (Å²) in [5.74, 6) is 0. The Bertz CT molecular complexity index is 660. The lowest BCUT2D eigenvalue weighted by atomic mass is 9.74. The molecule has 0 radical (unpaired) electrons. The largest absolute Gasteiger partial charge is 0.355 e. The van der Waals surface area contributed by atoms with Crippen molar-refractivity contribution in [3.63, 3.8) is 0 Å². The van der Waals surface area contributed by atoms with Crippen LogP contribution in [0.15, 0.2) is 54.6 Å². The molecule has 0 saturated heterocycles. The Morgan fingerprint density at radius 2 is 1.36 bits per heavy atom. The topological polar surface area (TPSA) is 9.23 Å². The van der Waals surface area contributed by atoms with Gasteiger partial charge in [-0.05, 0) is 42.4 Å². The van der Waals surface area contributed by atoms with Crippen LogP contribution in [0.25, 0.3) is 0 Å². The number of ether oxygens (including phenoxy) is 1. The third-order valence-corrected chi connectivity index (χ3v) is 4.46. The standard InChI is InChI=1S/C21H26O/c1-19(2,3)15-21(16-11-7-6-8-12-16)18-14-10-9-13-17(18)20(4,5)22-21/h6-14H,15H2,1-5H3. The van der Waals surface area contributed by atoms with Crippen LogP contribution in [0.4, 0.5) is 0 Å². The normalized spacial score (nSPS) is 23.3. The summed E-state index contributed by atoms with van der Waals surface area (Å²) in [4.78, 5) is 0. The maximum Gasteiger partial charge on any atom is 0.120 e. The molecule has 116 valence electrons. The van der Waals surface area contributed by atoms with Crippen molar-refractivity contribution >= 4 is 0 Å². The summed E-state index contributed by atoms with van der Waals surface area (Å²) < 4.78 is 6.77. The van der Waals surface area contributed by atoms with Gasteiger partial charge < -0.3 is 4.74 Å². The highest BCUT2D eigenvalue weighted by Gasteiger charge is 2.51. The van der Waals surface area contributed by atoms with Gasteiger partial charge in [-0.2, -0.15) is 0 Å². The van der Waals surface area contributed by atoms with E-state index in [4.69, 9.17) is 4.74 Å². The van der Waals surface area contributed by atoms with Crippen LogP contribution in [0.3, 0.4) is 0 Å². The molecule has 1 atom stereocenters. The molecular formula is C21H26O. The average Bonchev–Trinajstić information content (AvgIpc) is 2.68. The van der Waals surface area contributed by atoms with Gasteiger partial charge in [-0.3, -0.25) is 0 Å². The summed E-state index contributed by atoms with van der Waals surface area (Å²) in [7, 11) is 0. The first-order valence-corrected chi connectivity index (χ1v) is 8.10. The lowest BCUT2D eigenvalue weighted by Crippen LogP contribution is -2.34. The highest BCUT2D eigenvalue weighted by atomic mass is 16.5. The Kier molecular flexibility index (Phi) is 3.45. The molecule has 1 aliphatic rings. The van der Waals surface area contributed by atoms with Crippen molar-refractivity contribution in [2.75, 3.05) is 0 Å². The molecule has 0 fully saturated rings. The van der Waals surface area contributed by atoms with E-state index in [1.54, 1.807) is 0 Å². The second kappa shape index (κ2) is 4.96. The Morgan fingerprint density at radius 3 is 1.95 bits per heavy atom. The molecular weight excluding hydrogens is 268 g/mol. The van der Waals surface area contributed by atoms with Gasteiger partial charge in [-0.15, -0.1) is 0 Å². The van der Waals surface area contributed by atoms with Crippen molar-refractivity contribution in [2.45, 2.75) is 52.2 Å². The quantitative estimate of drug-likeness (QED) is 0.697. The van der Waals surface area contributed by atoms with Crippen LogP contribution in [-0.2, 0) is 15.9 Å². The number of benzene rings is 2. The van der Waals surface area contributed by atoms with Crippen molar-refractivity contribution in [2.24, 2.45) is 5.41 Å². The molecule has 3 rings (SSSR count). The molecule has 1 nitrogen and oxygen atoms in total. The monoisotopic (exact) mass is 294 g/mol. The SMILES string of the molecule is CC(C)(C)CC1(c2ccccc2)OC(C)(C)c2ccccc21. The molecule has 0 N–H and O–H groups in total. The van der Waals surface area contributed by atoms with Crippen LogP contribution in [0.1, 0.15) is 57.7 Å². The molecule has 1 unspecified atom stereocenters. The van der Waals surface area contributed by atoms with Gasteiger partial charge in [-0.25, -0.2) is 0 Å². The average molecular weight is 294 g/mol. The molecule has 1 heterocycles. The minimum atomic E-state index is -0.362. The zero-order chi connectivity index (χ0) is 16.0. The molecule has 0 amide bonds. The van der Waals surface area contributed by atoms with E-state index >= 15 is 0 Å². The van der Waals surface area contributed by atoms with E-state index in [1.165, 1.54) is 16.7 Å². The summed E-state index contributed by atoms with van der Waals surface area (Å²) in [6.45, 7) is 11.2. The predicted octanol–water partition coefficient (Wildman–Crippen LogP) is 5.63. The van der Waals surface area contributed by atoms with Gasteiger partial charge in [0.05, 0.1) is 5.60 Å². The molecule has 0 aliphatic carbocycles. The summed E-state index contributed by atoms with van der Waals surface area (Å²) >= 11 is 0. The van der Waals surface area contributed by atoms with Crippen molar-refractivity contribution in [1.29, 1.82) is 0 Å². The van der Waals surface area contributed by atoms with Gasteiger partial charge in [0.1, 0.15) is 5.60 Å². The third kappa shape index (κ3) is 2.48. The first kappa shape index (κ1) is 15.3. The van der Waals surface area contributed by atoms with E-state index in [0.29, 0.717) is 0 Å². The van der Waals surface area contributed by atoms with Crippen molar-refractivity contribution in [1.82, 2.24) is 0 Å². The van der Waals surface area contributed by atoms with Crippen LogP contribution in [-0.4, -0.2) is 0 Å². The van der Waals surface area contributed by atoms with Gasteiger partial charge in [-0.1, -0.05) is 75.4 Å². The highest BCUT2D eigenvalue weighted by molar-refractivity contribution is 5.47. The summed E-state index contributed by atoms with van der Waals surface area (Å²) in [6.07, 6.45) is 0.963. The first-order valence-electron chi connectivity index (χ1n) is 8.10.